The van der Waals surface area contributed by atoms with E-state index in [0.717, 1.165) is 22.4 Å². The third-order valence-electron chi connectivity index (χ3n) is 4.08. The van der Waals surface area contributed by atoms with Crippen LogP contribution in [0.1, 0.15) is 42.9 Å². The molecule has 5 nitrogen and oxygen atoms in total. The minimum Gasteiger partial charge on any atom is -0.326 e. The Morgan fingerprint density at radius 1 is 1.12 bits per heavy atom. The van der Waals surface area contributed by atoms with Gasteiger partial charge in [0.25, 0.3) is 0 Å². The third-order valence-corrected chi connectivity index (χ3v) is 5.01. The number of sulfonamides is 1. The Kier molecular flexibility index (Phi) is 5.98. The number of hydrogen-bond acceptors (Lipinski definition) is 3. The maximum absolute atomic E-state index is 12.3. The summed E-state index contributed by atoms with van der Waals surface area (Å²) >= 11 is 0. The first-order valence-electron chi connectivity index (χ1n) is 8.19. The minimum absolute atomic E-state index is 0.0632. The number of nitrogens with one attached hydrogen (secondary N) is 1. The fourth-order valence-corrected chi connectivity index (χ4v) is 3.16. The van der Waals surface area contributed by atoms with Crippen molar-refractivity contribution in [2.75, 3.05) is 5.32 Å². The van der Waals surface area contributed by atoms with Gasteiger partial charge in [-0.15, -0.1) is 0 Å². The first-order valence-corrected chi connectivity index (χ1v) is 9.74. The van der Waals surface area contributed by atoms with Gasteiger partial charge in [0.1, 0.15) is 0 Å². The number of aryl methyl sites for hydroxylation is 2. The summed E-state index contributed by atoms with van der Waals surface area (Å²) < 4.78 is 22.5. The van der Waals surface area contributed by atoms with Gasteiger partial charge in [-0.3, -0.25) is 4.79 Å². The molecule has 6 heteroatoms. The average Bonchev–Trinajstić information content (AvgIpc) is 2.54. The van der Waals surface area contributed by atoms with Crippen molar-refractivity contribution in [3.05, 3.63) is 59.2 Å². The summed E-state index contributed by atoms with van der Waals surface area (Å²) in [6.07, 6.45) is 0.847. The number of para-hydroxylation sites is 1. The molecule has 0 aromatic heterocycles. The number of anilines is 1. The summed E-state index contributed by atoms with van der Waals surface area (Å²) in [5.74, 6) is 0.257. The van der Waals surface area contributed by atoms with E-state index < -0.39 is 10.0 Å². The highest BCUT2D eigenvalue weighted by molar-refractivity contribution is 7.89. The smallest absolute Gasteiger partial charge is 0.238 e. The lowest BCUT2D eigenvalue weighted by Crippen LogP contribution is -2.15. The average molecular weight is 360 g/mol. The molecule has 1 amide bonds. The summed E-state index contributed by atoms with van der Waals surface area (Å²) in [5, 5.41) is 8.09. The van der Waals surface area contributed by atoms with Gasteiger partial charge >= 0.3 is 0 Å². The van der Waals surface area contributed by atoms with E-state index in [9.17, 15) is 13.2 Å². The predicted octanol–water partition coefficient (Wildman–Crippen LogP) is 3.34. The number of amides is 1. The Hall–Kier alpha value is -2.18. The second kappa shape index (κ2) is 7.80. The highest BCUT2D eigenvalue weighted by Crippen LogP contribution is 2.27. The second-order valence-electron chi connectivity index (χ2n) is 6.43. The monoisotopic (exact) mass is 360 g/mol. The fraction of sp³-hybridized carbons (Fsp3) is 0.316. The van der Waals surface area contributed by atoms with Crippen LogP contribution in [0.5, 0.6) is 0 Å². The molecule has 0 atom stereocenters. The number of primary sulfonamides is 1. The second-order valence-corrected chi connectivity index (χ2v) is 7.99. The molecule has 0 saturated heterocycles. The number of rotatable bonds is 6. The zero-order valence-corrected chi connectivity index (χ0v) is 15.6. The maximum Gasteiger partial charge on any atom is 0.238 e. The van der Waals surface area contributed by atoms with Gasteiger partial charge in [-0.25, -0.2) is 13.6 Å². The molecule has 0 spiro atoms. The molecule has 2 rings (SSSR count). The highest BCUT2D eigenvalue weighted by Gasteiger charge is 2.12. The van der Waals surface area contributed by atoms with Crippen LogP contribution in [0.3, 0.4) is 0 Å². The fourth-order valence-electron chi connectivity index (χ4n) is 2.65. The van der Waals surface area contributed by atoms with Gasteiger partial charge in [-0.1, -0.05) is 44.2 Å². The van der Waals surface area contributed by atoms with Crippen LogP contribution >= 0.6 is 0 Å². The summed E-state index contributed by atoms with van der Waals surface area (Å²) in [5.41, 5.74) is 3.92. The van der Waals surface area contributed by atoms with Gasteiger partial charge in [0.2, 0.25) is 15.9 Å². The van der Waals surface area contributed by atoms with Crippen LogP contribution in [0.25, 0.3) is 0 Å². The Morgan fingerprint density at radius 2 is 1.76 bits per heavy atom. The molecule has 0 aliphatic heterocycles. The van der Waals surface area contributed by atoms with Crippen molar-refractivity contribution in [1.29, 1.82) is 0 Å². The Morgan fingerprint density at radius 3 is 2.32 bits per heavy atom. The largest absolute Gasteiger partial charge is 0.326 e. The van der Waals surface area contributed by atoms with Crippen molar-refractivity contribution < 1.29 is 13.2 Å². The molecule has 0 heterocycles. The molecule has 0 fully saturated rings. The van der Waals surface area contributed by atoms with E-state index >= 15 is 0 Å². The van der Waals surface area contributed by atoms with Crippen LogP contribution in [0, 0.1) is 6.92 Å². The lowest BCUT2D eigenvalue weighted by molar-refractivity contribution is -0.116. The molecule has 3 N–H and O–H groups in total. The molecule has 25 heavy (non-hydrogen) atoms. The van der Waals surface area contributed by atoms with E-state index in [1.807, 2.05) is 25.1 Å². The van der Waals surface area contributed by atoms with Crippen molar-refractivity contribution in [1.82, 2.24) is 0 Å². The molecule has 0 bridgehead atoms. The number of nitrogens with two attached hydrogens (primary N) is 1. The van der Waals surface area contributed by atoms with Crippen LogP contribution in [0.2, 0.25) is 0 Å². The topological polar surface area (TPSA) is 89.3 Å². The normalized spacial score (nSPS) is 11.6. The van der Waals surface area contributed by atoms with Crippen molar-refractivity contribution in [3.8, 4) is 0 Å². The summed E-state index contributed by atoms with van der Waals surface area (Å²) in [7, 11) is -3.69. The van der Waals surface area contributed by atoms with Crippen LogP contribution in [-0.4, -0.2) is 14.3 Å². The van der Waals surface area contributed by atoms with Gasteiger partial charge in [-0.05, 0) is 48.1 Å². The molecule has 0 unspecified atom stereocenters. The molecule has 0 aliphatic rings. The molecule has 0 radical (unpaired) electrons. The number of benzene rings is 2. The van der Waals surface area contributed by atoms with Crippen molar-refractivity contribution in [2.45, 2.75) is 44.4 Å². The summed E-state index contributed by atoms with van der Waals surface area (Å²) in [6.45, 7) is 6.17. The molecular formula is C19H24N2O3S. The molecule has 0 saturated carbocycles. The van der Waals surface area contributed by atoms with Gasteiger partial charge < -0.3 is 5.32 Å². The van der Waals surface area contributed by atoms with E-state index in [1.165, 1.54) is 12.1 Å². The molecular weight excluding hydrogens is 336 g/mol. The van der Waals surface area contributed by atoms with E-state index in [2.05, 4.69) is 19.2 Å². The lowest BCUT2D eigenvalue weighted by atomic mass is 9.98. The SMILES string of the molecule is Cc1cccc(C(C)C)c1NC(=O)CCc1ccc(S(N)(=O)=O)cc1. The van der Waals surface area contributed by atoms with Gasteiger partial charge in [0.05, 0.1) is 4.90 Å². The van der Waals surface area contributed by atoms with Crippen molar-refractivity contribution in [3.63, 3.8) is 0 Å². The van der Waals surface area contributed by atoms with Crippen molar-refractivity contribution >= 4 is 21.6 Å². The first kappa shape index (κ1) is 19.1. The van der Waals surface area contributed by atoms with E-state index in [1.54, 1.807) is 12.1 Å². The number of hydrogen-bond donors (Lipinski definition) is 2. The quantitative estimate of drug-likeness (QED) is 0.828. The maximum atomic E-state index is 12.3. The highest BCUT2D eigenvalue weighted by atomic mass is 32.2. The zero-order chi connectivity index (χ0) is 18.6. The third kappa shape index (κ3) is 5.14. The molecule has 134 valence electrons. The van der Waals surface area contributed by atoms with Crippen LogP contribution in [0.15, 0.2) is 47.4 Å². The van der Waals surface area contributed by atoms with Gasteiger partial charge in [0, 0.05) is 12.1 Å². The molecule has 2 aromatic rings. The molecule has 0 aliphatic carbocycles. The van der Waals surface area contributed by atoms with E-state index in [4.69, 9.17) is 5.14 Å². The lowest BCUT2D eigenvalue weighted by Gasteiger charge is -2.16. The van der Waals surface area contributed by atoms with Crippen LogP contribution in [-0.2, 0) is 21.2 Å². The van der Waals surface area contributed by atoms with Gasteiger partial charge in [0.15, 0.2) is 0 Å². The molecule has 2 aromatic carbocycles. The number of carbonyl (C=O) groups excluding carboxylic acids is 1. The van der Waals surface area contributed by atoms with Crippen LogP contribution in [0.4, 0.5) is 5.69 Å². The first-order chi connectivity index (χ1) is 11.7. The van der Waals surface area contributed by atoms with E-state index in [0.29, 0.717) is 18.8 Å². The summed E-state index contributed by atoms with van der Waals surface area (Å²) in [4.78, 5) is 12.4. The van der Waals surface area contributed by atoms with E-state index in [-0.39, 0.29) is 10.8 Å². The zero-order valence-electron chi connectivity index (χ0n) is 14.7. The van der Waals surface area contributed by atoms with Gasteiger partial charge in [-0.2, -0.15) is 0 Å². The summed E-state index contributed by atoms with van der Waals surface area (Å²) in [6, 6.07) is 12.3. The Balaban J connectivity index is 2.02. The number of carbonyl (C=O) groups is 1. The Labute approximate surface area is 149 Å². The minimum atomic E-state index is -3.69. The predicted molar refractivity (Wildman–Crippen MR) is 100 cm³/mol. The Bertz CT molecular complexity index is 857. The van der Waals surface area contributed by atoms with Crippen LogP contribution < -0.4 is 10.5 Å². The standard InChI is InChI=1S/C19H24N2O3S/c1-13(2)17-6-4-5-14(3)19(17)21-18(22)12-9-15-7-10-16(11-8-15)25(20,23)24/h4-8,10-11,13H,9,12H2,1-3H3,(H,21,22)(H2,20,23,24). The van der Waals surface area contributed by atoms with Crippen molar-refractivity contribution in [2.24, 2.45) is 5.14 Å².